The molecule has 1 nitrogen and oxygen atoms in total. The monoisotopic (exact) mass is 200 g/mol. The van der Waals surface area contributed by atoms with Gasteiger partial charge < -0.3 is 30.2 Å². The third kappa shape index (κ3) is 6.05. The van der Waals surface area contributed by atoms with Crippen LogP contribution in [0.1, 0.15) is 6.42 Å². The number of halogens is 3. The highest BCUT2D eigenvalue weighted by Gasteiger charge is 2.02. The van der Waals surface area contributed by atoms with E-state index in [-0.39, 0.29) is 17.3 Å². The minimum atomic E-state index is -2.29. The zero-order chi connectivity index (χ0) is 8.85. The lowest BCUT2D eigenvalue weighted by Crippen LogP contribution is -2.19. The lowest BCUT2D eigenvalue weighted by atomic mass is 10.4. The Labute approximate surface area is 73.1 Å². The molecule has 0 aliphatic rings. The molecule has 0 aliphatic carbocycles. The van der Waals surface area contributed by atoms with E-state index >= 15 is 0 Å². The molecule has 0 heterocycles. The van der Waals surface area contributed by atoms with Crippen LogP contribution in [0.5, 0.6) is 0 Å². The Balaban J connectivity index is 3.56. The molecular weight excluding hydrogens is 195 g/mol. The van der Waals surface area contributed by atoms with E-state index in [0.29, 0.717) is 0 Å². The Hall–Kier alpha value is -0.360. The highest BCUT2D eigenvalue weighted by Crippen LogP contribution is 2.11. The van der Waals surface area contributed by atoms with E-state index in [1.54, 1.807) is 0 Å². The molecule has 1 N–H and O–H groups in total. The Bertz CT molecular complexity index is 177. The quantitative estimate of drug-likeness (QED) is 0.552. The van der Waals surface area contributed by atoms with Gasteiger partial charge in [-0.3, -0.25) is 0 Å². The third-order valence-corrected chi connectivity index (χ3v) is 1.11. The van der Waals surface area contributed by atoms with E-state index in [1.165, 1.54) is 0 Å². The Morgan fingerprint density at radius 1 is 1.36 bits per heavy atom. The maximum atomic E-state index is 12.0. The molecule has 0 aromatic carbocycles. The van der Waals surface area contributed by atoms with E-state index in [4.69, 9.17) is 0 Å². The van der Waals surface area contributed by atoms with Crippen molar-refractivity contribution in [2.24, 2.45) is 0 Å². The molecular formula is C5H5F3NS2-. The maximum absolute atomic E-state index is 12.0. The number of rotatable bonds is 3. The van der Waals surface area contributed by atoms with Gasteiger partial charge in [0.25, 0.3) is 0 Å². The summed E-state index contributed by atoms with van der Waals surface area (Å²) in [6.45, 7) is 0.00546. The predicted molar refractivity (Wildman–Crippen MR) is 42.9 cm³/mol. The van der Waals surface area contributed by atoms with Crippen LogP contribution in [0.3, 0.4) is 0 Å². The van der Waals surface area contributed by atoms with Crippen molar-refractivity contribution in [1.29, 1.82) is 0 Å². The average molecular weight is 200 g/mol. The summed E-state index contributed by atoms with van der Waals surface area (Å²) in [5.74, 6) is -1.43. The Morgan fingerprint density at radius 2 is 1.91 bits per heavy atom. The van der Waals surface area contributed by atoms with Crippen LogP contribution in [0.25, 0.3) is 0 Å². The van der Waals surface area contributed by atoms with Crippen molar-refractivity contribution < 1.29 is 13.2 Å². The summed E-state index contributed by atoms with van der Waals surface area (Å²) < 4.78 is 34.8. The van der Waals surface area contributed by atoms with Gasteiger partial charge in [-0.25, -0.2) is 4.39 Å². The fourth-order valence-corrected chi connectivity index (χ4v) is 0.573. The van der Waals surface area contributed by atoms with Crippen molar-refractivity contribution in [3.05, 3.63) is 11.9 Å². The van der Waals surface area contributed by atoms with Gasteiger partial charge in [0, 0.05) is 13.0 Å². The molecule has 0 saturated carbocycles. The third-order valence-electron chi connectivity index (χ3n) is 0.819. The second-order valence-electron chi connectivity index (χ2n) is 1.63. The fourth-order valence-electron chi connectivity index (χ4n) is 0.369. The Kier molecular flexibility index (Phi) is 5.14. The van der Waals surface area contributed by atoms with Gasteiger partial charge in [-0.15, -0.1) is 0 Å². The van der Waals surface area contributed by atoms with Crippen molar-refractivity contribution in [2.75, 3.05) is 6.54 Å². The van der Waals surface area contributed by atoms with Crippen LogP contribution in [0.2, 0.25) is 0 Å². The molecule has 0 unspecified atom stereocenters. The van der Waals surface area contributed by atoms with Gasteiger partial charge in [0.1, 0.15) is 0 Å². The average Bonchev–Trinajstić information content (AvgIpc) is 1.86. The minimum absolute atomic E-state index is 0.00546. The molecule has 0 aromatic rings. The Morgan fingerprint density at radius 3 is 2.27 bits per heavy atom. The summed E-state index contributed by atoms with van der Waals surface area (Å²) >= 11 is 8.78. The van der Waals surface area contributed by atoms with Gasteiger partial charge in [-0.05, 0) is 0 Å². The van der Waals surface area contributed by atoms with Gasteiger partial charge in [0.2, 0.25) is 0 Å². The molecule has 0 atom stereocenters. The van der Waals surface area contributed by atoms with Crippen LogP contribution in [0.4, 0.5) is 13.2 Å². The van der Waals surface area contributed by atoms with Crippen LogP contribution in [-0.4, -0.2) is 10.9 Å². The second kappa shape index (κ2) is 5.31. The number of hydrogen-bond donors (Lipinski definition) is 1. The molecule has 0 fully saturated rings. The molecule has 0 radical (unpaired) electrons. The molecule has 6 heteroatoms. The SMILES string of the molecule is FC(F)=C(F)CCNC(=S)[S-]. The zero-order valence-corrected chi connectivity index (χ0v) is 7.00. The molecule has 0 spiro atoms. The van der Waals surface area contributed by atoms with E-state index in [2.05, 4.69) is 30.2 Å². The van der Waals surface area contributed by atoms with Crippen LogP contribution in [0.15, 0.2) is 11.9 Å². The molecule has 11 heavy (non-hydrogen) atoms. The number of thiocarbonyl (C=S) groups is 1. The first-order chi connectivity index (χ1) is 5.04. The lowest BCUT2D eigenvalue weighted by molar-refractivity contribution is 0.370. The number of nitrogens with one attached hydrogen (secondary N) is 1. The summed E-state index contributed by atoms with van der Waals surface area (Å²) in [4.78, 5) is 0. The largest absolute Gasteiger partial charge is 0.412 e. The first-order valence-electron chi connectivity index (χ1n) is 2.68. The molecule has 0 rings (SSSR count). The first kappa shape index (κ1) is 10.6. The van der Waals surface area contributed by atoms with Crippen molar-refractivity contribution in [3.63, 3.8) is 0 Å². The molecule has 0 amide bonds. The summed E-state index contributed by atoms with van der Waals surface area (Å²) in [5.41, 5.74) is 0. The summed E-state index contributed by atoms with van der Waals surface area (Å²) in [6, 6.07) is 0. The van der Waals surface area contributed by atoms with E-state index in [9.17, 15) is 13.2 Å². The summed E-state index contributed by atoms with van der Waals surface area (Å²) in [7, 11) is 0. The fraction of sp³-hybridized carbons (Fsp3) is 0.400. The van der Waals surface area contributed by atoms with E-state index in [0.717, 1.165) is 0 Å². The van der Waals surface area contributed by atoms with Gasteiger partial charge in [0.15, 0.2) is 5.83 Å². The normalized spacial score (nSPS) is 9.00. The molecule has 64 valence electrons. The van der Waals surface area contributed by atoms with E-state index < -0.39 is 11.9 Å². The van der Waals surface area contributed by atoms with Crippen LogP contribution in [0, 0.1) is 0 Å². The molecule has 0 bridgehead atoms. The topological polar surface area (TPSA) is 12.0 Å². The highest BCUT2D eigenvalue weighted by molar-refractivity contribution is 8.00. The summed E-state index contributed by atoms with van der Waals surface area (Å²) in [5, 5.41) is 2.37. The van der Waals surface area contributed by atoms with Crippen molar-refractivity contribution >= 4 is 29.2 Å². The van der Waals surface area contributed by atoms with Crippen molar-refractivity contribution in [2.45, 2.75) is 6.42 Å². The standard InChI is InChI=1S/C5H6F3NS2/c6-3(4(7)8)1-2-9-5(10)11/h1-2H2,(H2,9,10,11)/p-1. The van der Waals surface area contributed by atoms with Gasteiger partial charge in [-0.2, -0.15) is 8.78 Å². The van der Waals surface area contributed by atoms with Gasteiger partial charge >= 0.3 is 6.08 Å². The number of hydrogen-bond acceptors (Lipinski definition) is 2. The molecule has 0 aliphatic heterocycles. The molecule has 0 saturated heterocycles. The van der Waals surface area contributed by atoms with E-state index in [1.807, 2.05) is 0 Å². The highest BCUT2D eigenvalue weighted by atomic mass is 32.1. The second-order valence-corrected chi connectivity index (χ2v) is 2.70. The first-order valence-corrected chi connectivity index (χ1v) is 3.50. The van der Waals surface area contributed by atoms with Crippen LogP contribution in [-0.2, 0) is 12.6 Å². The van der Waals surface area contributed by atoms with Crippen LogP contribution < -0.4 is 5.32 Å². The zero-order valence-electron chi connectivity index (χ0n) is 5.36. The predicted octanol–water partition coefficient (Wildman–Crippen LogP) is 1.88. The minimum Gasteiger partial charge on any atom is -0.412 e. The van der Waals surface area contributed by atoms with Gasteiger partial charge in [-0.1, -0.05) is 4.32 Å². The lowest BCUT2D eigenvalue weighted by Gasteiger charge is -2.07. The smallest absolute Gasteiger partial charge is 0.301 e. The molecule has 0 aromatic heterocycles. The maximum Gasteiger partial charge on any atom is 0.301 e. The van der Waals surface area contributed by atoms with Crippen LogP contribution >= 0.6 is 12.2 Å². The van der Waals surface area contributed by atoms with Crippen molar-refractivity contribution in [3.8, 4) is 0 Å². The summed E-state index contributed by atoms with van der Waals surface area (Å²) in [6.07, 6.45) is -2.68. The van der Waals surface area contributed by atoms with Gasteiger partial charge in [0.05, 0.1) is 0 Å². The van der Waals surface area contributed by atoms with Crippen molar-refractivity contribution in [1.82, 2.24) is 5.32 Å².